The maximum Gasteiger partial charge on any atom is 0.291 e. The second-order valence-corrected chi connectivity index (χ2v) is 7.92. The van der Waals surface area contributed by atoms with Crippen LogP contribution in [0.2, 0.25) is 10.0 Å². The van der Waals surface area contributed by atoms with Gasteiger partial charge in [0.15, 0.2) is 11.5 Å². The maximum absolute atomic E-state index is 12.6. The number of carbonyl (C=O) groups is 2. The summed E-state index contributed by atoms with van der Waals surface area (Å²) >= 11 is 12.0. The van der Waals surface area contributed by atoms with Crippen LogP contribution < -0.4 is 11.1 Å². The third-order valence-electron chi connectivity index (χ3n) is 4.32. The Morgan fingerprint density at radius 3 is 2.44 bits per heavy atom. The quantitative estimate of drug-likeness (QED) is 0.726. The first-order valence-corrected chi connectivity index (χ1v) is 8.56. The van der Waals surface area contributed by atoms with Gasteiger partial charge in [-0.3, -0.25) is 9.59 Å². The van der Waals surface area contributed by atoms with Gasteiger partial charge >= 0.3 is 0 Å². The Morgan fingerprint density at radius 2 is 1.84 bits per heavy atom. The third kappa shape index (κ3) is 3.26. The third-order valence-corrected chi connectivity index (χ3v) is 4.95. The Morgan fingerprint density at radius 1 is 1.24 bits per heavy atom. The summed E-state index contributed by atoms with van der Waals surface area (Å²) in [5, 5.41) is 3.18. The van der Waals surface area contributed by atoms with E-state index in [-0.39, 0.29) is 32.7 Å². The second-order valence-electron chi connectivity index (χ2n) is 7.10. The standard InChI is InChI=1S/C18H18Cl2N2O3/c1-8-14-12(23)6-18(2,3)7-13(14)25-16(8)17(24)22-9-4-10(19)15(21)11(20)5-9/h4-5H,6-7,21H2,1-3H3,(H,22,24). The number of ketones is 1. The van der Waals surface area contributed by atoms with E-state index in [2.05, 4.69) is 5.32 Å². The molecule has 0 atom stereocenters. The van der Waals surface area contributed by atoms with E-state index in [1.807, 2.05) is 13.8 Å². The maximum atomic E-state index is 12.6. The zero-order valence-electron chi connectivity index (χ0n) is 14.1. The van der Waals surface area contributed by atoms with Crippen LogP contribution in [0.1, 0.15) is 52.5 Å². The number of benzene rings is 1. The van der Waals surface area contributed by atoms with E-state index in [9.17, 15) is 9.59 Å². The molecule has 7 heteroatoms. The molecule has 1 aromatic heterocycles. The first-order valence-electron chi connectivity index (χ1n) is 7.80. The largest absolute Gasteiger partial charge is 0.455 e. The van der Waals surface area contributed by atoms with Gasteiger partial charge in [-0.15, -0.1) is 0 Å². The Hall–Kier alpha value is -1.98. The lowest BCUT2D eigenvalue weighted by atomic mass is 9.76. The lowest BCUT2D eigenvalue weighted by molar-refractivity contribution is 0.0898. The minimum Gasteiger partial charge on any atom is -0.455 e. The molecular weight excluding hydrogens is 363 g/mol. The van der Waals surface area contributed by atoms with Crippen LogP contribution in [0.3, 0.4) is 0 Å². The van der Waals surface area contributed by atoms with E-state index in [4.69, 9.17) is 33.4 Å². The number of hydrogen-bond acceptors (Lipinski definition) is 4. The van der Waals surface area contributed by atoms with Gasteiger partial charge in [0, 0.05) is 24.1 Å². The summed E-state index contributed by atoms with van der Waals surface area (Å²) in [4.78, 5) is 25.0. The number of amides is 1. The van der Waals surface area contributed by atoms with E-state index in [1.54, 1.807) is 6.92 Å². The van der Waals surface area contributed by atoms with Gasteiger partial charge in [0.1, 0.15) is 5.76 Å². The number of anilines is 2. The Balaban J connectivity index is 1.93. The summed E-state index contributed by atoms with van der Waals surface area (Å²) in [6, 6.07) is 3.01. The molecule has 1 aromatic carbocycles. The van der Waals surface area contributed by atoms with Crippen LogP contribution in [-0.2, 0) is 6.42 Å². The van der Waals surface area contributed by atoms with Crippen molar-refractivity contribution in [2.75, 3.05) is 11.1 Å². The molecule has 0 saturated carbocycles. The van der Waals surface area contributed by atoms with Crippen molar-refractivity contribution in [3.8, 4) is 0 Å². The highest BCUT2D eigenvalue weighted by Crippen LogP contribution is 2.38. The van der Waals surface area contributed by atoms with Gasteiger partial charge in [-0.1, -0.05) is 37.0 Å². The minimum absolute atomic E-state index is 0.00474. The monoisotopic (exact) mass is 380 g/mol. The fourth-order valence-electron chi connectivity index (χ4n) is 3.14. The Bertz CT molecular complexity index is 877. The molecule has 2 aromatic rings. The van der Waals surface area contributed by atoms with Crippen LogP contribution in [0.25, 0.3) is 0 Å². The molecule has 1 heterocycles. The van der Waals surface area contributed by atoms with Crippen molar-refractivity contribution in [2.24, 2.45) is 5.41 Å². The zero-order chi connectivity index (χ0) is 18.5. The number of nitrogen functional groups attached to an aromatic ring is 1. The van der Waals surface area contributed by atoms with Crippen LogP contribution in [0.5, 0.6) is 0 Å². The lowest BCUT2D eigenvalue weighted by Crippen LogP contribution is -2.26. The second kappa shape index (κ2) is 6.07. The smallest absolute Gasteiger partial charge is 0.291 e. The first-order chi connectivity index (χ1) is 11.6. The summed E-state index contributed by atoms with van der Waals surface area (Å²) in [5.74, 6) is 0.233. The van der Waals surface area contributed by atoms with Gasteiger partial charge in [-0.2, -0.15) is 0 Å². The molecule has 1 amide bonds. The van der Waals surface area contributed by atoms with E-state index in [1.165, 1.54) is 12.1 Å². The highest BCUT2D eigenvalue weighted by molar-refractivity contribution is 6.39. The Labute approximate surface area is 155 Å². The molecule has 1 aliphatic carbocycles. The topological polar surface area (TPSA) is 85.3 Å². The predicted octanol–water partition coefficient (Wildman–Crippen LogP) is 4.88. The van der Waals surface area contributed by atoms with E-state index >= 15 is 0 Å². The van der Waals surface area contributed by atoms with E-state index in [0.717, 1.165) is 0 Å². The number of halogens is 2. The molecular formula is C18H18Cl2N2O3. The normalized spacial score (nSPS) is 15.8. The van der Waals surface area contributed by atoms with Gasteiger partial charge in [-0.25, -0.2) is 0 Å². The molecule has 0 aliphatic heterocycles. The predicted molar refractivity (Wildman–Crippen MR) is 98.7 cm³/mol. The molecule has 0 radical (unpaired) electrons. The molecule has 0 saturated heterocycles. The van der Waals surface area contributed by atoms with Gasteiger partial charge in [0.05, 0.1) is 21.3 Å². The molecule has 5 nitrogen and oxygen atoms in total. The van der Waals surface area contributed by atoms with Gasteiger partial charge < -0.3 is 15.5 Å². The number of furan rings is 1. The first kappa shape index (κ1) is 17.8. The van der Waals surface area contributed by atoms with Crippen molar-refractivity contribution < 1.29 is 14.0 Å². The Kier molecular flexibility index (Phi) is 4.33. The summed E-state index contributed by atoms with van der Waals surface area (Å²) < 4.78 is 5.74. The lowest BCUT2D eigenvalue weighted by Gasteiger charge is -2.27. The average molecular weight is 381 g/mol. The highest BCUT2D eigenvalue weighted by Gasteiger charge is 2.37. The SMILES string of the molecule is Cc1c(C(=O)Nc2cc(Cl)c(N)c(Cl)c2)oc2c1C(=O)CC(C)(C)C2. The van der Waals surface area contributed by atoms with Crippen molar-refractivity contribution in [1.82, 2.24) is 0 Å². The van der Waals surface area contributed by atoms with E-state index in [0.29, 0.717) is 35.4 Å². The summed E-state index contributed by atoms with van der Waals surface area (Å²) in [6.45, 7) is 5.73. The van der Waals surface area contributed by atoms with Gasteiger partial charge in [-0.05, 0) is 24.5 Å². The van der Waals surface area contributed by atoms with Crippen molar-refractivity contribution in [3.63, 3.8) is 0 Å². The summed E-state index contributed by atoms with van der Waals surface area (Å²) in [6.07, 6.45) is 1.05. The van der Waals surface area contributed by atoms with Crippen LogP contribution >= 0.6 is 23.2 Å². The number of fused-ring (bicyclic) bond motifs is 1. The number of rotatable bonds is 2. The van der Waals surface area contributed by atoms with Gasteiger partial charge in [0.2, 0.25) is 0 Å². The molecule has 0 spiro atoms. The molecule has 25 heavy (non-hydrogen) atoms. The van der Waals surface area contributed by atoms with Crippen LogP contribution in [0, 0.1) is 12.3 Å². The molecule has 1 aliphatic rings. The zero-order valence-corrected chi connectivity index (χ0v) is 15.6. The van der Waals surface area contributed by atoms with Crippen molar-refractivity contribution in [1.29, 1.82) is 0 Å². The van der Waals surface area contributed by atoms with Crippen LogP contribution in [0.4, 0.5) is 11.4 Å². The minimum atomic E-state index is -0.464. The highest BCUT2D eigenvalue weighted by atomic mass is 35.5. The number of nitrogens with one attached hydrogen (secondary N) is 1. The fourth-order valence-corrected chi connectivity index (χ4v) is 3.63. The van der Waals surface area contributed by atoms with Crippen LogP contribution in [-0.4, -0.2) is 11.7 Å². The average Bonchev–Trinajstić information content (AvgIpc) is 2.80. The van der Waals surface area contributed by atoms with Crippen molar-refractivity contribution in [2.45, 2.75) is 33.6 Å². The summed E-state index contributed by atoms with van der Waals surface area (Å²) in [5.41, 5.74) is 7.24. The van der Waals surface area contributed by atoms with Crippen molar-refractivity contribution >= 4 is 46.3 Å². The van der Waals surface area contributed by atoms with Crippen molar-refractivity contribution in [3.05, 3.63) is 44.8 Å². The van der Waals surface area contributed by atoms with E-state index < -0.39 is 5.91 Å². The molecule has 0 bridgehead atoms. The van der Waals surface area contributed by atoms with Crippen LogP contribution in [0.15, 0.2) is 16.5 Å². The number of hydrogen-bond donors (Lipinski definition) is 2. The fraction of sp³-hybridized carbons (Fsp3) is 0.333. The molecule has 0 fully saturated rings. The molecule has 3 N–H and O–H groups in total. The molecule has 3 rings (SSSR count). The summed E-state index contributed by atoms with van der Waals surface area (Å²) in [7, 11) is 0. The number of nitrogens with two attached hydrogens (primary N) is 1. The number of Topliss-reactive ketones (excluding diaryl/α,β-unsaturated/α-hetero) is 1. The number of carbonyl (C=O) groups excluding carboxylic acids is 2. The molecule has 0 unspecified atom stereocenters. The molecule has 132 valence electrons. The van der Waals surface area contributed by atoms with Gasteiger partial charge in [0.25, 0.3) is 5.91 Å².